The summed E-state index contributed by atoms with van der Waals surface area (Å²) in [6, 6.07) is 6.60. The lowest BCUT2D eigenvalue weighted by atomic mass is 9.73. The Kier molecular flexibility index (Phi) is 6.74. The Morgan fingerprint density at radius 3 is 2.11 bits per heavy atom. The number of unbranched alkanes of at least 4 members (excludes halogenated alkanes) is 3. The van der Waals surface area contributed by atoms with Crippen LogP contribution in [0.4, 0.5) is 0 Å². The molecule has 0 spiro atoms. The lowest BCUT2D eigenvalue weighted by Gasteiger charge is -2.32. The third-order valence-corrected chi connectivity index (χ3v) is 6.66. The molecule has 0 radical (unpaired) electrons. The molecule has 0 unspecified atom stereocenters. The summed E-state index contributed by atoms with van der Waals surface area (Å²) in [6.07, 6.45) is 14.1. The molecule has 0 saturated heterocycles. The molecule has 0 N–H and O–H groups in total. The monoisotopic (exact) mass is 381 g/mol. The molecule has 28 heavy (non-hydrogen) atoms. The first-order chi connectivity index (χ1) is 13.6. The standard InChI is InChI=1S/C25H35NO2/c1-4-7-11-19-12-10-13-20-24(19)21(26-22(27)14-15-23(26)28)18-25(20,16-8-5-2)17-9-6-3/h10,12-15,21H,4-9,11,16-18H2,1-3H3/t21-/m0/s1. The summed E-state index contributed by atoms with van der Waals surface area (Å²) in [4.78, 5) is 26.7. The zero-order chi connectivity index (χ0) is 20.1. The van der Waals surface area contributed by atoms with Gasteiger partial charge in [-0.2, -0.15) is 0 Å². The lowest BCUT2D eigenvalue weighted by molar-refractivity contribution is -0.139. The fraction of sp³-hybridized carbons (Fsp3) is 0.600. The van der Waals surface area contributed by atoms with E-state index in [2.05, 4.69) is 39.0 Å². The molecule has 0 aromatic heterocycles. The van der Waals surface area contributed by atoms with Crippen molar-refractivity contribution in [1.82, 2.24) is 4.90 Å². The van der Waals surface area contributed by atoms with Crippen molar-refractivity contribution in [3.63, 3.8) is 0 Å². The number of rotatable bonds is 10. The van der Waals surface area contributed by atoms with Gasteiger partial charge >= 0.3 is 0 Å². The Morgan fingerprint density at radius 2 is 1.54 bits per heavy atom. The fourth-order valence-corrected chi connectivity index (χ4v) is 5.20. The SMILES string of the molecule is CCCCc1cccc2c1[C@@H](N1C(=O)C=CC1=O)CC2(CCCC)CCCC. The Balaban J connectivity index is 2.09. The molecular formula is C25H35NO2. The maximum absolute atomic E-state index is 12.6. The minimum Gasteiger partial charge on any atom is -0.269 e. The van der Waals surface area contributed by atoms with Crippen LogP contribution in [0.1, 0.15) is 101 Å². The molecule has 1 atom stereocenters. The predicted octanol–water partition coefficient (Wildman–Crippen LogP) is 6.02. The summed E-state index contributed by atoms with van der Waals surface area (Å²) in [7, 11) is 0. The van der Waals surface area contributed by atoms with Crippen LogP contribution < -0.4 is 0 Å². The van der Waals surface area contributed by atoms with Gasteiger partial charge in [0.1, 0.15) is 0 Å². The van der Waals surface area contributed by atoms with Crippen LogP contribution in [0.2, 0.25) is 0 Å². The average molecular weight is 382 g/mol. The number of fused-ring (bicyclic) bond motifs is 1. The number of hydrogen-bond acceptors (Lipinski definition) is 2. The first kappa shape index (κ1) is 20.8. The van der Waals surface area contributed by atoms with Crippen LogP contribution in [-0.4, -0.2) is 16.7 Å². The van der Waals surface area contributed by atoms with Gasteiger partial charge in [-0.05, 0) is 54.2 Å². The van der Waals surface area contributed by atoms with Gasteiger partial charge < -0.3 is 0 Å². The lowest BCUT2D eigenvalue weighted by Crippen LogP contribution is -2.35. The molecule has 3 heteroatoms. The predicted molar refractivity (Wildman–Crippen MR) is 114 cm³/mol. The van der Waals surface area contributed by atoms with E-state index in [0.717, 1.165) is 38.5 Å². The van der Waals surface area contributed by atoms with Crippen molar-refractivity contribution in [3.8, 4) is 0 Å². The summed E-state index contributed by atoms with van der Waals surface area (Å²) in [6.45, 7) is 6.71. The van der Waals surface area contributed by atoms with Gasteiger partial charge in [0.25, 0.3) is 11.8 Å². The molecule has 3 rings (SSSR count). The highest BCUT2D eigenvalue weighted by Crippen LogP contribution is 2.54. The van der Waals surface area contributed by atoms with Crippen LogP contribution >= 0.6 is 0 Å². The van der Waals surface area contributed by atoms with Gasteiger partial charge in [0.2, 0.25) is 0 Å². The third kappa shape index (κ3) is 3.81. The summed E-state index contributed by atoms with van der Waals surface area (Å²) in [5.74, 6) is -0.291. The third-order valence-electron chi connectivity index (χ3n) is 6.66. The van der Waals surface area contributed by atoms with Crippen LogP contribution in [0.25, 0.3) is 0 Å². The van der Waals surface area contributed by atoms with Crippen molar-refractivity contribution in [1.29, 1.82) is 0 Å². The van der Waals surface area contributed by atoms with Gasteiger partial charge in [0, 0.05) is 12.2 Å². The van der Waals surface area contributed by atoms with Crippen LogP contribution in [0, 0.1) is 0 Å². The Hall–Kier alpha value is -1.90. The molecule has 152 valence electrons. The first-order valence-electron chi connectivity index (χ1n) is 11.3. The number of aryl methyl sites for hydroxylation is 1. The highest BCUT2D eigenvalue weighted by atomic mass is 16.2. The number of amides is 2. The van der Waals surface area contributed by atoms with E-state index in [0.29, 0.717) is 0 Å². The molecule has 0 bridgehead atoms. The van der Waals surface area contributed by atoms with Crippen molar-refractivity contribution in [2.24, 2.45) is 0 Å². The van der Waals surface area contributed by atoms with Gasteiger partial charge in [-0.15, -0.1) is 0 Å². The van der Waals surface area contributed by atoms with Crippen LogP contribution in [0.5, 0.6) is 0 Å². The molecule has 1 heterocycles. The van der Waals surface area contributed by atoms with E-state index in [1.165, 1.54) is 59.4 Å². The summed E-state index contributed by atoms with van der Waals surface area (Å²) >= 11 is 0. The van der Waals surface area contributed by atoms with Crippen LogP contribution in [0.15, 0.2) is 30.4 Å². The molecule has 0 fully saturated rings. The topological polar surface area (TPSA) is 37.4 Å². The van der Waals surface area contributed by atoms with Gasteiger partial charge in [-0.1, -0.05) is 71.1 Å². The number of benzene rings is 1. The van der Waals surface area contributed by atoms with E-state index in [1.807, 2.05) is 0 Å². The molecule has 3 nitrogen and oxygen atoms in total. The summed E-state index contributed by atoms with van der Waals surface area (Å²) in [5, 5.41) is 0. The smallest absolute Gasteiger partial charge is 0.254 e. The molecule has 1 aliphatic heterocycles. The van der Waals surface area contributed by atoms with E-state index in [9.17, 15) is 9.59 Å². The van der Waals surface area contributed by atoms with E-state index >= 15 is 0 Å². The number of carbonyl (C=O) groups is 2. The molecule has 0 saturated carbocycles. The van der Waals surface area contributed by atoms with Gasteiger partial charge in [-0.25, -0.2) is 0 Å². The second kappa shape index (κ2) is 9.07. The summed E-state index contributed by atoms with van der Waals surface area (Å²) < 4.78 is 0. The van der Waals surface area contributed by atoms with Crippen LogP contribution in [0.3, 0.4) is 0 Å². The molecule has 1 aliphatic carbocycles. The van der Waals surface area contributed by atoms with E-state index < -0.39 is 0 Å². The van der Waals surface area contributed by atoms with E-state index in [1.54, 1.807) is 0 Å². The highest BCUT2D eigenvalue weighted by Gasteiger charge is 2.48. The Labute approximate surface area is 170 Å². The zero-order valence-electron chi connectivity index (χ0n) is 17.8. The number of imide groups is 1. The quantitative estimate of drug-likeness (QED) is 0.465. The van der Waals surface area contributed by atoms with Gasteiger partial charge in [0.15, 0.2) is 0 Å². The molecule has 2 aliphatic rings. The maximum atomic E-state index is 12.6. The fourth-order valence-electron chi connectivity index (χ4n) is 5.20. The van der Waals surface area contributed by atoms with E-state index in [4.69, 9.17) is 0 Å². The number of nitrogens with zero attached hydrogens (tertiary/aromatic N) is 1. The maximum Gasteiger partial charge on any atom is 0.254 e. The average Bonchev–Trinajstić information content (AvgIpc) is 3.20. The first-order valence-corrected chi connectivity index (χ1v) is 11.3. The Bertz CT molecular complexity index is 723. The van der Waals surface area contributed by atoms with Crippen molar-refractivity contribution in [3.05, 3.63) is 47.0 Å². The Morgan fingerprint density at radius 1 is 0.929 bits per heavy atom. The van der Waals surface area contributed by atoms with Crippen molar-refractivity contribution in [2.75, 3.05) is 0 Å². The van der Waals surface area contributed by atoms with Crippen molar-refractivity contribution >= 4 is 11.8 Å². The minimum atomic E-state index is -0.145. The largest absolute Gasteiger partial charge is 0.269 e. The van der Waals surface area contributed by atoms with Crippen LogP contribution in [-0.2, 0) is 21.4 Å². The minimum absolute atomic E-state index is 0.0946. The number of carbonyl (C=O) groups excluding carboxylic acids is 2. The normalized spacial score (nSPS) is 20.2. The molecule has 1 aromatic carbocycles. The zero-order valence-corrected chi connectivity index (χ0v) is 17.8. The second-order valence-corrected chi connectivity index (χ2v) is 8.57. The highest BCUT2D eigenvalue weighted by molar-refractivity contribution is 6.13. The van der Waals surface area contributed by atoms with Gasteiger partial charge in [0.05, 0.1) is 6.04 Å². The van der Waals surface area contributed by atoms with Gasteiger partial charge in [-0.3, -0.25) is 14.5 Å². The van der Waals surface area contributed by atoms with Crippen molar-refractivity contribution < 1.29 is 9.59 Å². The van der Waals surface area contributed by atoms with Crippen molar-refractivity contribution in [2.45, 2.75) is 96.4 Å². The second-order valence-electron chi connectivity index (χ2n) is 8.57. The molecule has 1 aromatic rings. The van der Waals surface area contributed by atoms with E-state index in [-0.39, 0.29) is 23.3 Å². The molecular weight excluding hydrogens is 346 g/mol. The number of hydrogen-bond donors (Lipinski definition) is 0. The molecule has 2 amide bonds. The summed E-state index contributed by atoms with van der Waals surface area (Å²) in [5.41, 5.74) is 4.14.